The standard InChI is InChI=1S/C19H23ClN4O2/c1-21-19(22-9-8-17-3-2-12-26-17)24-11-10-23(18(25)14-24)13-15-4-6-16(20)7-5-15/h2-7,12H,8-11,13-14H2,1H3,(H,21,22). The summed E-state index contributed by atoms with van der Waals surface area (Å²) in [7, 11) is 1.74. The van der Waals surface area contributed by atoms with Gasteiger partial charge in [-0.2, -0.15) is 0 Å². The smallest absolute Gasteiger partial charge is 0.242 e. The molecule has 0 saturated carbocycles. The van der Waals surface area contributed by atoms with Gasteiger partial charge in [-0.1, -0.05) is 23.7 Å². The first kappa shape index (κ1) is 18.3. The Morgan fingerprint density at radius 1 is 1.27 bits per heavy atom. The number of rotatable bonds is 5. The Hall–Kier alpha value is -2.47. The van der Waals surface area contributed by atoms with E-state index >= 15 is 0 Å². The van der Waals surface area contributed by atoms with E-state index in [9.17, 15) is 4.79 Å². The van der Waals surface area contributed by atoms with Crippen molar-refractivity contribution in [3.8, 4) is 0 Å². The lowest BCUT2D eigenvalue weighted by Crippen LogP contribution is -2.55. The van der Waals surface area contributed by atoms with Gasteiger partial charge in [-0.15, -0.1) is 0 Å². The van der Waals surface area contributed by atoms with Crippen molar-refractivity contribution in [1.82, 2.24) is 15.1 Å². The SMILES string of the molecule is CN=C(NCCc1ccco1)N1CCN(Cc2ccc(Cl)cc2)C(=O)C1. The number of amides is 1. The summed E-state index contributed by atoms with van der Waals surface area (Å²) in [5.74, 6) is 1.77. The summed E-state index contributed by atoms with van der Waals surface area (Å²) < 4.78 is 5.33. The molecular weight excluding hydrogens is 352 g/mol. The van der Waals surface area contributed by atoms with E-state index in [1.54, 1.807) is 13.3 Å². The Labute approximate surface area is 158 Å². The highest BCUT2D eigenvalue weighted by Gasteiger charge is 2.25. The van der Waals surface area contributed by atoms with Crippen molar-refractivity contribution in [3.05, 3.63) is 59.0 Å². The molecular formula is C19H23ClN4O2. The van der Waals surface area contributed by atoms with Gasteiger partial charge in [0.2, 0.25) is 5.91 Å². The van der Waals surface area contributed by atoms with Crippen LogP contribution in [0.3, 0.4) is 0 Å². The van der Waals surface area contributed by atoms with E-state index in [0.29, 0.717) is 31.2 Å². The van der Waals surface area contributed by atoms with E-state index in [-0.39, 0.29) is 5.91 Å². The molecule has 1 saturated heterocycles. The molecule has 1 aliphatic rings. The van der Waals surface area contributed by atoms with Crippen LogP contribution >= 0.6 is 11.6 Å². The van der Waals surface area contributed by atoms with E-state index in [2.05, 4.69) is 10.3 Å². The molecule has 6 nitrogen and oxygen atoms in total. The molecule has 0 atom stereocenters. The minimum Gasteiger partial charge on any atom is -0.469 e. The van der Waals surface area contributed by atoms with Crippen LogP contribution in [0.5, 0.6) is 0 Å². The molecule has 0 unspecified atom stereocenters. The topological polar surface area (TPSA) is 61.1 Å². The first-order valence-corrected chi connectivity index (χ1v) is 9.03. The van der Waals surface area contributed by atoms with E-state index in [0.717, 1.165) is 30.2 Å². The third-order valence-electron chi connectivity index (χ3n) is 4.35. The summed E-state index contributed by atoms with van der Waals surface area (Å²) >= 11 is 5.91. The van der Waals surface area contributed by atoms with Gasteiger partial charge < -0.3 is 19.5 Å². The number of hydrogen-bond acceptors (Lipinski definition) is 3. The van der Waals surface area contributed by atoms with Crippen molar-refractivity contribution in [2.24, 2.45) is 4.99 Å². The second kappa shape index (κ2) is 8.76. The van der Waals surface area contributed by atoms with Gasteiger partial charge in [0.05, 0.1) is 12.8 Å². The number of benzene rings is 1. The molecule has 1 aliphatic heterocycles. The number of hydrogen-bond donors (Lipinski definition) is 1. The molecule has 1 N–H and O–H groups in total. The summed E-state index contributed by atoms with van der Waals surface area (Å²) in [6.45, 7) is 3.06. The van der Waals surface area contributed by atoms with E-state index in [1.165, 1.54) is 0 Å². The predicted molar refractivity (Wildman–Crippen MR) is 102 cm³/mol. The van der Waals surface area contributed by atoms with Crippen LogP contribution in [0.4, 0.5) is 0 Å². The van der Waals surface area contributed by atoms with Gasteiger partial charge in [0, 0.05) is 44.7 Å². The van der Waals surface area contributed by atoms with Crippen LogP contribution in [0, 0.1) is 0 Å². The minimum atomic E-state index is 0.0974. The highest BCUT2D eigenvalue weighted by molar-refractivity contribution is 6.30. The molecule has 1 amide bonds. The number of aliphatic imine (C=N–C) groups is 1. The molecule has 1 aromatic carbocycles. The number of halogens is 1. The first-order valence-electron chi connectivity index (χ1n) is 8.66. The largest absolute Gasteiger partial charge is 0.469 e. The number of nitrogens with one attached hydrogen (secondary N) is 1. The van der Waals surface area contributed by atoms with Crippen LogP contribution in [0.25, 0.3) is 0 Å². The van der Waals surface area contributed by atoms with Crippen LogP contribution in [-0.4, -0.2) is 54.9 Å². The third kappa shape index (κ3) is 4.79. The zero-order valence-electron chi connectivity index (χ0n) is 14.8. The Balaban J connectivity index is 1.49. The van der Waals surface area contributed by atoms with Gasteiger partial charge in [0.25, 0.3) is 0 Å². The molecule has 26 heavy (non-hydrogen) atoms. The average molecular weight is 375 g/mol. The summed E-state index contributed by atoms with van der Waals surface area (Å²) in [4.78, 5) is 20.7. The first-order chi connectivity index (χ1) is 12.7. The number of carbonyl (C=O) groups excluding carboxylic acids is 1. The van der Waals surface area contributed by atoms with E-state index in [1.807, 2.05) is 46.2 Å². The lowest BCUT2D eigenvalue weighted by molar-refractivity contribution is -0.135. The summed E-state index contributed by atoms with van der Waals surface area (Å²) in [5.41, 5.74) is 1.08. The highest BCUT2D eigenvalue weighted by Crippen LogP contribution is 2.13. The third-order valence-corrected chi connectivity index (χ3v) is 4.60. The average Bonchev–Trinajstić information content (AvgIpc) is 3.16. The molecule has 0 aliphatic carbocycles. The molecule has 0 bridgehead atoms. The molecule has 1 fully saturated rings. The van der Waals surface area contributed by atoms with Gasteiger partial charge in [0.15, 0.2) is 5.96 Å². The molecule has 0 radical (unpaired) electrons. The molecule has 2 heterocycles. The maximum atomic E-state index is 12.5. The van der Waals surface area contributed by atoms with E-state index in [4.69, 9.17) is 16.0 Å². The molecule has 0 spiro atoms. The Morgan fingerprint density at radius 2 is 2.08 bits per heavy atom. The summed E-state index contributed by atoms with van der Waals surface area (Å²) in [6.07, 6.45) is 2.44. The van der Waals surface area contributed by atoms with Crippen LogP contribution in [0.15, 0.2) is 52.1 Å². The number of furan rings is 1. The Morgan fingerprint density at radius 3 is 2.73 bits per heavy atom. The lowest BCUT2D eigenvalue weighted by atomic mass is 10.2. The van der Waals surface area contributed by atoms with Gasteiger partial charge >= 0.3 is 0 Å². The van der Waals surface area contributed by atoms with Crippen molar-refractivity contribution in [2.45, 2.75) is 13.0 Å². The normalized spacial score (nSPS) is 15.5. The quantitative estimate of drug-likeness (QED) is 0.645. The van der Waals surface area contributed by atoms with Crippen molar-refractivity contribution < 1.29 is 9.21 Å². The zero-order valence-corrected chi connectivity index (χ0v) is 15.6. The number of nitrogens with zero attached hydrogens (tertiary/aromatic N) is 3. The molecule has 2 aromatic rings. The fourth-order valence-electron chi connectivity index (χ4n) is 2.95. The predicted octanol–water partition coefficient (Wildman–Crippen LogP) is 2.40. The van der Waals surface area contributed by atoms with Crippen molar-refractivity contribution in [3.63, 3.8) is 0 Å². The summed E-state index contributed by atoms with van der Waals surface area (Å²) in [6, 6.07) is 11.4. The fourth-order valence-corrected chi connectivity index (χ4v) is 3.08. The van der Waals surface area contributed by atoms with E-state index < -0.39 is 0 Å². The molecule has 3 rings (SSSR count). The van der Waals surface area contributed by atoms with Crippen molar-refractivity contribution in [1.29, 1.82) is 0 Å². The van der Waals surface area contributed by atoms with Gasteiger partial charge in [-0.3, -0.25) is 9.79 Å². The van der Waals surface area contributed by atoms with Gasteiger partial charge in [-0.25, -0.2) is 0 Å². The molecule has 138 valence electrons. The van der Waals surface area contributed by atoms with Gasteiger partial charge in [0.1, 0.15) is 5.76 Å². The zero-order chi connectivity index (χ0) is 18.4. The van der Waals surface area contributed by atoms with Crippen molar-refractivity contribution >= 4 is 23.5 Å². The number of carbonyl (C=O) groups is 1. The molecule has 1 aromatic heterocycles. The fraction of sp³-hybridized carbons (Fsp3) is 0.368. The van der Waals surface area contributed by atoms with Crippen LogP contribution in [0.2, 0.25) is 5.02 Å². The monoisotopic (exact) mass is 374 g/mol. The Kier molecular flexibility index (Phi) is 6.17. The highest BCUT2D eigenvalue weighted by atomic mass is 35.5. The minimum absolute atomic E-state index is 0.0974. The van der Waals surface area contributed by atoms with Crippen LogP contribution < -0.4 is 5.32 Å². The Bertz CT molecular complexity index is 743. The summed E-state index contributed by atoms with van der Waals surface area (Å²) in [5, 5.41) is 4.00. The van der Waals surface area contributed by atoms with Crippen LogP contribution in [-0.2, 0) is 17.8 Å². The second-order valence-electron chi connectivity index (χ2n) is 6.17. The molecule has 7 heteroatoms. The maximum Gasteiger partial charge on any atom is 0.242 e. The van der Waals surface area contributed by atoms with Crippen LogP contribution in [0.1, 0.15) is 11.3 Å². The van der Waals surface area contributed by atoms with Crippen molar-refractivity contribution in [2.75, 3.05) is 33.2 Å². The number of guanidine groups is 1. The second-order valence-corrected chi connectivity index (χ2v) is 6.60. The lowest BCUT2D eigenvalue weighted by Gasteiger charge is -2.36. The number of piperazine rings is 1. The maximum absolute atomic E-state index is 12.5. The van der Waals surface area contributed by atoms with Gasteiger partial charge in [-0.05, 0) is 29.8 Å².